The van der Waals surface area contributed by atoms with Crippen LogP contribution in [0.5, 0.6) is 0 Å². The number of nitriles is 1. The monoisotopic (exact) mass is 333 g/mol. The molecule has 1 N–H and O–H groups in total. The number of nitrogens with one attached hydrogen (secondary N) is 1. The van der Waals surface area contributed by atoms with E-state index in [-0.39, 0.29) is 11.5 Å². The summed E-state index contributed by atoms with van der Waals surface area (Å²) in [6.45, 7) is 4.98. The van der Waals surface area contributed by atoms with Gasteiger partial charge in [0.15, 0.2) is 12.4 Å². The molecular weight excluding hydrogens is 310 g/mol. The van der Waals surface area contributed by atoms with Crippen molar-refractivity contribution >= 4 is 11.9 Å². The van der Waals surface area contributed by atoms with Crippen LogP contribution in [0.2, 0.25) is 0 Å². The minimum absolute atomic E-state index is 0.0216. The summed E-state index contributed by atoms with van der Waals surface area (Å²) in [5.74, 6) is -0.681. The van der Waals surface area contributed by atoms with Crippen molar-refractivity contribution in [2.75, 3.05) is 6.61 Å². The van der Waals surface area contributed by atoms with Crippen molar-refractivity contribution in [2.24, 2.45) is 0 Å². The SMILES string of the molecule is Cc1noc(C(C)C)c1C(=O)OCC(=O)NC1(C#N)CCCCC1. The van der Waals surface area contributed by atoms with Crippen molar-refractivity contribution in [1.29, 1.82) is 5.26 Å². The Balaban J connectivity index is 1.96. The molecule has 0 radical (unpaired) electrons. The van der Waals surface area contributed by atoms with Crippen molar-refractivity contribution in [1.82, 2.24) is 10.5 Å². The third-order valence-corrected chi connectivity index (χ3v) is 4.25. The van der Waals surface area contributed by atoms with Gasteiger partial charge in [-0.1, -0.05) is 38.3 Å². The van der Waals surface area contributed by atoms with Crippen LogP contribution >= 0.6 is 0 Å². The first-order chi connectivity index (χ1) is 11.4. The highest BCUT2D eigenvalue weighted by Crippen LogP contribution is 2.27. The molecular formula is C17H23N3O4. The molecule has 0 aliphatic heterocycles. The summed E-state index contributed by atoms with van der Waals surface area (Å²) in [4.78, 5) is 24.3. The highest BCUT2D eigenvalue weighted by molar-refractivity contribution is 5.93. The normalized spacial score (nSPS) is 16.5. The third-order valence-electron chi connectivity index (χ3n) is 4.25. The van der Waals surface area contributed by atoms with Gasteiger partial charge in [-0.25, -0.2) is 4.79 Å². The lowest BCUT2D eigenvalue weighted by atomic mass is 9.83. The van der Waals surface area contributed by atoms with Gasteiger partial charge in [0.2, 0.25) is 0 Å². The Morgan fingerprint density at radius 2 is 2.04 bits per heavy atom. The molecule has 0 atom stereocenters. The molecule has 1 aliphatic carbocycles. The molecule has 1 aliphatic rings. The minimum atomic E-state index is -0.835. The number of hydrogen-bond donors (Lipinski definition) is 1. The molecule has 130 valence electrons. The average molecular weight is 333 g/mol. The molecule has 24 heavy (non-hydrogen) atoms. The first-order valence-electron chi connectivity index (χ1n) is 8.24. The molecule has 1 saturated carbocycles. The quantitative estimate of drug-likeness (QED) is 0.830. The van der Waals surface area contributed by atoms with Crippen molar-refractivity contribution in [3.63, 3.8) is 0 Å². The number of amides is 1. The average Bonchev–Trinajstić information content (AvgIpc) is 2.95. The number of aryl methyl sites for hydroxylation is 1. The van der Waals surface area contributed by atoms with Gasteiger partial charge < -0.3 is 14.6 Å². The summed E-state index contributed by atoms with van der Waals surface area (Å²) < 4.78 is 10.2. The summed E-state index contributed by atoms with van der Waals surface area (Å²) in [5, 5.41) is 15.9. The van der Waals surface area contributed by atoms with E-state index in [1.54, 1.807) is 6.92 Å². The maximum Gasteiger partial charge on any atom is 0.344 e. The zero-order valence-electron chi connectivity index (χ0n) is 14.3. The van der Waals surface area contributed by atoms with Crippen LogP contribution in [0.25, 0.3) is 0 Å². The standard InChI is InChI=1S/C17H23N3O4/c1-11(2)15-14(12(3)20-24-15)16(22)23-9-13(21)19-17(10-18)7-5-4-6-8-17/h11H,4-9H2,1-3H3,(H,19,21). The Kier molecular flexibility index (Phi) is 5.60. The second kappa shape index (κ2) is 7.47. The Morgan fingerprint density at radius 3 is 2.62 bits per heavy atom. The first kappa shape index (κ1) is 18.0. The topological polar surface area (TPSA) is 105 Å². The summed E-state index contributed by atoms with van der Waals surface area (Å²) in [6, 6.07) is 2.20. The number of aromatic nitrogens is 1. The van der Waals surface area contributed by atoms with Gasteiger partial charge in [0.1, 0.15) is 11.1 Å². The Hall–Kier alpha value is -2.36. The van der Waals surface area contributed by atoms with Gasteiger partial charge in [-0.2, -0.15) is 5.26 Å². The van der Waals surface area contributed by atoms with Crippen LogP contribution in [0.1, 0.15) is 73.7 Å². The number of hydrogen-bond acceptors (Lipinski definition) is 6. The molecule has 1 aromatic heterocycles. The molecule has 2 rings (SSSR count). The lowest BCUT2D eigenvalue weighted by Gasteiger charge is -2.31. The molecule has 1 aromatic rings. The highest BCUT2D eigenvalue weighted by atomic mass is 16.5. The number of carbonyl (C=O) groups is 2. The molecule has 7 nitrogen and oxygen atoms in total. The van der Waals surface area contributed by atoms with Gasteiger partial charge in [-0.05, 0) is 19.8 Å². The molecule has 0 saturated heterocycles. The molecule has 0 bridgehead atoms. The predicted molar refractivity (Wildman–Crippen MR) is 85.2 cm³/mol. The van der Waals surface area contributed by atoms with Crippen molar-refractivity contribution in [3.8, 4) is 6.07 Å². The van der Waals surface area contributed by atoms with Gasteiger partial charge in [0, 0.05) is 5.92 Å². The largest absolute Gasteiger partial charge is 0.452 e. The Labute approximate surface area is 141 Å². The Bertz CT molecular complexity index is 651. The highest BCUT2D eigenvalue weighted by Gasteiger charge is 2.34. The van der Waals surface area contributed by atoms with E-state index in [9.17, 15) is 14.9 Å². The van der Waals surface area contributed by atoms with Crippen LogP contribution in [0.4, 0.5) is 0 Å². The smallest absolute Gasteiger partial charge is 0.344 e. The molecule has 1 amide bonds. The number of carbonyl (C=O) groups excluding carboxylic acids is 2. The maximum atomic E-state index is 12.2. The van der Waals surface area contributed by atoms with Gasteiger partial charge in [0.25, 0.3) is 5.91 Å². The third kappa shape index (κ3) is 3.94. The van der Waals surface area contributed by atoms with Crippen LogP contribution in [0, 0.1) is 18.3 Å². The van der Waals surface area contributed by atoms with E-state index in [1.165, 1.54) is 0 Å². The van der Waals surface area contributed by atoms with E-state index in [0.717, 1.165) is 19.3 Å². The van der Waals surface area contributed by atoms with E-state index in [1.807, 2.05) is 13.8 Å². The van der Waals surface area contributed by atoms with Crippen molar-refractivity contribution in [3.05, 3.63) is 17.0 Å². The zero-order valence-corrected chi connectivity index (χ0v) is 14.3. The fourth-order valence-electron chi connectivity index (χ4n) is 2.96. The van der Waals surface area contributed by atoms with Gasteiger partial charge >= 0.3 is 5.97 Å². The lowest BCUT2D eigenvalue weighted by molar-refractivity contribution is -0.125. The summed E-state index contributed by atoms with van der Waals surface area (Å²) in [5.41, 5.74) is -0.131. The van der Waals surface area contributed by atoms with Gasteiger partial charge in [-0.3, -0.25) is 4.79 Å². The summed E-state index contributed by atoms with van der Waals surface area (Å²) in [6.07, 6.45) is 4.15. The summed E-state index contributed by atoms with van der Waals surface area (Å²) in [7, 11) is 0. The van der Waals surface area contributed by atoms with Crippen LogP contribution < -0.4 is 5.32 Å². The van der Waals surface area contributed by atoms with E-state index >= 15 is 0 Å². The molecule has 0 unspecified atom stereocenters. The van der Waals surface area contributed by atoms with Crippen LogP contribution in [-0.4, -0.2) is 29.2 Å². The lowest BCUT2D eigenvalue weighted by Crippen LogP contribution is -2.50. The molecule has 0 spiro atoms. The fourth-order valence-corrected chi connectivity index (χ4v) is 2.96. The molecule has 1 fully saturated rings. The molecule has 0 aromatic carbocycles. The van der Waals surface area contributed by atoms with E-state index in [0.29, 0.717) is 24.3 Å². The van der Waals surface area contributed by atoms with E-state index in [2.05, 4.69) is 16.5 Å². The second-order valence-corrected chi connectivity index (χ2v) is 6.54. The fraction of sp³-hybridized carbons (Fsp3) is 0.647. The van der Waals surface area contributed by atoms with Crippen molar-refractivity contribution in [2.45, 2.75) is 64.3 Å². The number of esters is 1. The van der Waals surface area contributed by atoms with E-state index in [4.69, 9.17) is 9.26 Å². The minimum Gasteiger partial charge on any atom is -0.452 e. The number of ether oxygens (including phenoxy) is 1. The zero-order chi connectivity index (χ0) is 17.7. The van der Waals surface area contributed by atoms with Gasteiger partial charge in [-0.15, -0.1) is 0 Å². The predicted octanol–water partition coefficient (Wildman–Crippen LogP) is 2.61. The van der Waals surface area contributed by atoms with E-state index < -0.39 is 24.0 Å². The van der Waals surface area contributed by atoms with Gasteiger partial charge in [0.05, 0.1) is 11.8 Å². The second-order valence-electron chi connectivity index (χ2n) is 6.54. The van der Waals surface area contributed by atoms with Crippen LogP contribution in [0.3, 0.4) is 0 Å². The maximum absolute atomic E-state index is 12.2. The van der Waals surface area contributed by atoms with Crippen LogP contribution in [-0.2, 0) is 9.53 Å². The Morgan fingerprint density at radius 1 is 1.38 bits per heavy atom. The molecule has 1 heterocycles. The number of rotatable bonds is 5. The summed E-state index contributed by atoms with van der Waals surface area (Å²) >= 11 is 0. The van der Waals surface area contributed by atoms with Crippen LogP contribution in [0.15, 0.2) is 4.52 Å². The van der Waals surface area contributed by atoms with Crippen molar-refractivity contribution < 1.29 is 18.8 Å². The first-order valence-corrected chi connectivity index (χ1v) is 8.24. The molecule has 7 heteroatoms. The number of nitrogens with zero attached hydrogens (tertiary/aromatic N) is 2.